The summed E-state index contributed by atoms with van der Waals surface area (Å²) in [4.78, 5) is 13.1. The van der Waals surface area contributed by atoms with Crippen LogP contribution in [0.4, 0.5) is 0 Å². The van der Waals surface area contributed by atoms with Crippen LogP contribution in [0, 0.1) is 0 Å². The molecular weight excluding hydrogens is 669 g/mol. The molecule has 0 saturated carbocycles. The lowest BCUT2D eigenvalue weighted by atomic mass is 9.88. The summed E-state index contributed by atoms with van der Waals surface area (Å²) in [6.45, 7) is 4.08. The lowest BCUT2D eigenvalue weighted by Crippen LogP contribution is -2.51. The van der Waals surface area contributed by atoms with Crippen LogP contribution in [0.25, 0.3) is 0 Å². The number of hydrogen-bond acceptors (Lipinski definition) is 6. The van der Waals surface area contributed by atoms with Gasteiger partial charge in [0, 0.05) is 0 Å². The van der Waals surface area contributed by atoms with E-state index >= 15 is 0 Å². The van der Waals surface area contributed by atoms with E-state index in [1.54, 1.807) is 0 Å². The number of hydrogen-bond donors (Lipinski definition) is 2. The Kier molecular flexibility index (Phi) is 35.4. The van der Waals surface area contributed by atoms with Crippen LogP contribution >= 0.6 is 7.82 Å². The first-order valence-electron chi connectivity index (χ1n) is 22.7. The van der Waals surface area contributed by atoms with Crippen molar-refractivity contribution in [2.24, 2.45) is 0 Å². The van der Waals surface area contributed by atoms with Gasteiger partial charge in [-0.2, -0.15) is 0 Å². The molecular formula is C44H92NO6P. The predicted octanol–water partition coefficient (Wildman–Crippen LogP) is 12.6. The van der Waals surface area contributed by atoms with Gasteiger partial charge in [0.1, 0.15) is 18.2 Å². The van der Waals surface area contributed by atoms with Crippen LogP contribution < -0.4 is 4.89 Å². The molecule has 0 rings (SSSR count). The van der Waals surface area contributed by atoms with E-state index in [1.165, 1.54) is 180 Å². The SMILES string of the molecule is CCCCCCCCCCCCCCCCCCC(CCCCCCCCCCCCCCCCCC)(C[N+](C)(C)C)OP(=O)([O-])OC[C@H](O)CO. The smallest absolute Gasteiger partial charge is 0.268 e. The molecule has 8 heteroatoms. The minimum atomic E-state index is -4.68. The average molecular weight is 762 g/mol. The van der Waals surface area contributed by atoms with Gasteiger partial charge >= 0.3 is 0 Å². The minimum absolute atomic E-state index is 0.490. The van der Waals surface area contributed by atoms with Crippen molar-refractivity contribution in [3.63, 3.8) is 0 Å². The maximum Gasteiger partial charge on any atom is 0.268 e. The zero-order valence-electron chi connectivity index (χ0n) is 35.7. The van der Waals surface area contributed by atoms with Gasteiger partial charge < -0.3 is 28.6 Å². The molecule has 0 amide bonds. The van der Waals surface area contributed by atoms with Crippen molar-refractivity contribution in [2.45, 2.75) is 244 Å². The van der Waals surface area contributed by atoms with Crippen LogP contribution in [-0.4, -0.2) is 67.3 Å². The van der Waals surface area contributed by atoms with Gasteiger partial charge in [0.2, 0.25) is 0 Å². The molecule has 0 spiro atoms. The van der Waals surface area contributed by atoms with Gasteiger partial charge in [0.15, 0.2) is 0 Å². The van der Waals surface area contributed by atoms with E-state index in [0.29, 0.717) is 23.9 Å². The topological polar surface area (TPSA) is 99.1 Å². The van der Waals surface area contributed by atoms with E-state index in [-0.39, 0.29) is 0 Å². The fourth-order valence-electron chi connectivity index (χ4n) is 7.75. The van der Waals surface area contributed by atoms with Crippen LogP contribution in [0.3, 0.4) is 0 Å². The van der Waals surface area contributed by atoms with Gasteiger partial charge in [-0.25, -0.2) is 0 Å². The number of aliphatic hydroxyl groups is 2. The number of aliphatic hydroxyl groups excluding tert-OH is 2. The van der Waals surface area contributed by atoms with Crippen LogP contribution in [-0.2, 0) is 13.6 Å². The Balaban J connectivity index is 4.64. The van der Waals surface area contributed by atoms with Crippen molar-refractivity contribution in [3.8, 4) is 0 Å². The van der Waals surface area contributed by atoms with Gasteiger partial charge in [-0.3, -0.25) is 4.57 Å². The van der Waals surface area contributed by atoms with Crippen molar-refractivity contribution >= 4 is 7.82 Å². The molecule has 0 aliphatic heterocycles. The van der Waals surface area contributed by atoms with E-state index in [4.69, 9.17) is 14.2 Å². The first-order chi connectivity index (χ1) is 25.0. The highest BCUT2D eigenvalue weighted by Gasteiger charge is 2.40. The standard InChI is InChI=1S/C44H92NO6P/c1-6-8-10-12-14-16-18-20-22-24-26-28-30-32-34-36-38-44(42-45(3,4)5,51-52(48,49)50-41-43(47)40-46)39-37-35-33-31-29-27-25-23-21-19-17-15-13-11-9-7-2/h43,46-47H,6-42H2,1-5H3/t43-/m1/s1. The third-order valence-corrected chi connectivity index (χ3v) is 11.8. The van der Waals surface area contributed by atoms with Crippen LogP contribution in [0.15, 0.2) is 0 Å². The maximum atomic E-state index is 13.1. The van der Waals surface area contributed by atoms with Crippen LogP contribution in [0.2, 0.25) is 0 Å². The second-order valence-electron chi connectivity index (χ2n) is 17.4. The molecule has 0 radical (unpaired) electrons. The number of unbranched alkanes of at least 4 members (excludes halogenated alkanes) is 30. The van der Waals surface area contributed by atoms with Crippen LogP contribution in [0.1, 0.15) is 232 Å². The zero-order valence-corrected chi connectivity index (χ0v) is 36.6. The Bertz CT molecular complexity index is 755. The highest BCUT2D eigenvalue weighted by molar-refractivity contribution is 7.45. The quantitative estimate of drug-likeness (QED) is 0.0365. The van der Waals surface area contributed by atoms with E-state index in [9.17, 15) is 14.6 Å². The first-order valence-corrected chi connectivity index (χ1v) is 24.2. The molecule has 314 valence electrons. The maximum absolute atomic E-state index is 13.1. The molecule has 0 aromatic carbocycles. The van der Waals surface area contributed by atoms with Gasteiger partial charge in [0.25, 0.3) is 7.82 Å². The first kappa shape index (κ1) is 52.0. The summed E-state index contributed by atoms with van der Waals surface area (Å²) in [6, 6.07) is 0. The lowest BCUT2D eigenvalue weighted by molar-refractivity contribution is -0.876. The van der Waals surface area contributed by atoms with Crippen molar-refractivity contribution in [3.05, 3.63) is 0 Å². The van der Waals surface area contributed by atoms with Crippen molar-refractivity contribution in [1.82, 2.24) is 0 Å². The summed E-state index contributed by atoms with van der Waals surface area (Å²) in [6.07, 6.45) is 41.8. The molecule has 2 atom stereocenters. The van der Waals surface area contributed by atoms with E-state index in [0.717, 1.165) is 25.7 Å². The Morgan fingerprint density at radius 2 is 0.808 bits per heavy atom. The Morgan fingerprint density at radius 1 is 0.538 bits per heavy atom. The average Bonchev–Trinajstić information content (AvgIpc) is 3.09. The normalized spacial score (nSPS) is 14.2. The lowest BCUT2D eigenvalue weighted by Gasteiger charge is -2.42. The van der Waals surface area contributed by atoms with Crippen molar-refractivity contribution < 1.29 is 33.2 Å². The second-order valence-corrected chi connectivity index (χ2v) is 18.7. The molecule has 0 saturated heterocycles. The van der Waals surface area contributed by atoms with Crippen LogP contribution in [0.5, 0.6) is 0 Å². The summed E-state index contributed by atoms with van der Waals surface area (Å²) in [5.74, 6) is 0. The third-order valence-electron chi connectivity index (χ3n) is 10.7. The second kappa shape index (κ2) is 35.4. The summed E-state index contributed by atoms with van der Waals surface area (Å²) < 4.78 is 24.8. The van der Waals surface area contributed by atoms with E-state index < -0.39 is 32.7 Å². The highest BCUT2D eigenvalue weighted by atomic mass is 31.2. The number of phosphoric acid groups is 1. The van der Waals surface area contributed by atoms with Gasteiger partial charge in [0.05, 0.1) is 34.4 Å². The fraction of sp³-hybridized carbons (Fsp3) is 1.00. The zero-order chi connectivity index (χ0) is 38.7. The van der Waals surface area contributed by atoms with Gasteiger partial charge in [-0.05, 0) is 12.8 Å². The van der Waals surface area contributed by atoms with Gasteiger partial charge in [-0.15, -0.1) is 0 Å². The highest BCUT2D eigenvalue weighted by Crippen LogP contribution is 2.47. The summed E-state index contributed by atoms with van der Waals surface area (Å²) in [5.41, 5.74) is -0.842. The molecule has 0 bridgehead atoms. The Hall–Kier alpha value is -0.0100. The monoisotopic (exact) mass is 762 g/mol. The third kappa shape index (κ3) is 35.7. The van der Waals surface area contributed by atoms with Crippen molar-refractivity contribution in [2.75, 3.05) is 40.9 Å². The molecule has 7 nitrogen and oxygen atoms in total. The molecule has 52 heavy (non-hydrogen) atoms. The summed E-state index contributed by atoms with van der Waals surface area (Å²) in [5, 5.41) is 18.9. The van der Waals surface area contributed by atoms with Crippen molar-refractivity contribution in [1.29, 1.82) is 0 Å². The molecule has 0 aromatic rings. The summed E-state index contributed by atoms with van der Waals surface area (Å²) in [7, 11) is 1.59. The van der Waals surface area contributed by atoms with E-state index in [2.05, 4.69) is 35.0 Å². The molecule has 1 unspecified atom stereocenters. The molecule has 0 heterocycles. The fourth-order valence-corrected chi connectivity index (χ4v) is 8.87. The number of phosphoric ester groups is 1. The number of rotatable bonds is 42. The van der Waals surface area contributed by atoms with Gasteiger partial charge in [-0.1, -0.05) is 219 Å². The largest absolute Gasteiger partial charge is 0.756 e. The number of nitrogens with zero attached hydrogens (tertiary/aromatic N) is 1. The Morgan fingerprint density at radius 3 is 1.06 bits per heavy atom. The molecule has 2 N–H and O–H groups in total. The number of likely N-dealkylation sites (N-methyl/N-ethyl adjacent to an activating group) is 1. The Labute approximate surface area is 325 Å². The molecule has 0 aliphatic carbocycles. The summed E-state index contributed by atoms with van der Waals surface area (Å²) >= 11 is 0. The molecule has 0 aromatic heterocycles. The minimum Gasteiger partial charge on any atom is -0.756 e. The molecule has 0 aliphatic rings. The number of quaternary nitrogens is 1. The van der Waals surface area contributed by atoms with E-state index in [1.807, 2.05) is 0 Å². The molecule has 0 fully saturated rings. The predicted molar refractivity (Wildman–Crippen MR) is 222 cm³/mol.